The molecule has 0 radical (unpaired) electrons. The molecule has 4 nitrogen and oxygen atoms in total. The number of carbonyl (C=O) groups excluding carboxylic acids is 2. The van der Waals surface area contributed by atoms with Crippen molar-refractivity contribution in [3.63, 3.8) is 0 Å². The Balaban J connectivity index is 1.84. The zero-order valence-corrected chi connectivity index (χ0v) is 14.5. The van der Waals surface area contributed by atoms with Gasteiger partial charge in [-0.3, -0.25) is 10.1 Å². The molecule has 0 saturated heterocycles. The number of benzene rings is 1. The minimum atomic E-state index is -0.440. The van der Waals surface area contributed by atoms with Crippen LogP contribution < -0.4 is 5.32 Å². The van der Waals surface area contributed by atoms with Crippen LogP contribution in [0.25, 0.3) is 0 Å². The number of hydrogen-bond donors (Lipinski definition) is 1. The summed E-state index contributed by atoms with van der Waals surface area (Å²) in [6, 6.07) is 6.90. The van der Waals surface area contributed by atoms with Gasteiger partial charge in [0.2, 0.25) is 0 Å². The maximum Gasteiger partial charge on any atom is 0.411 e. The second kappa shape index (κ2) is 7.16. The second-order valence-electron chi connectivity index (χ2n) is 7.51. The zero-order valence-electron chi connectivity index (χ0n) is 14.5. The summed E-state index contributed by atoms with van der Waals surface area (Å²) >= 11 is 0. The van der Waals surface area contributed by atoms with Gasteiger partial charge in [0.1, 0.15) is 6.10 Å². The first-order chi connectivity index (χ1) is 10.8. The van der Waals surface area contributed by atoms with Crippen molar-refractivity contribution in [1.29, 1.82) is 0 Å². The first-order valence-electron chi connectivity index (χ1n) is 8.34. The van der Waals surface area contributed by atoms with Crippen molar-refractivity contribution in [2.45, 2.75) is 59.5 Å². The molecule has 0 aliphatic heterocycles. The van der Waals surface area contributed by atoms with Gasteiger partial charge in [-0.15, -0.1) is 0 Å². The van der Waals surface area contributed by atoms with E-state index in [0.29, 0.717) is 22.6 Å². The number of amides is 1. The molecule has 126 valence electrons. The average Bonchev–Trinajstić information content (AvgIpc) is 2.47. The lowest BCUT2D eigenvalue weighted by atomic mass is 9.72. The van der Waals surface area contributed by atoms with Gasteiger partial charge in [-0.1, -0.05) is 32.9 Å². The van der Waals surface area contributed by atoms with E-state index in [-0.39, 0.29) is 11.9 Å². The minimum absolute atomic E-state index is 0.00964. The lowest BCUT2D eigenvalue weighted by Crippen LogP contribution is -2.31. The van der Waals surface area contributed by atoms with Crippen molar-refractivity contribution in [3.05, 3.63) is 29.8 Å². The minimum Gasteiger partial charge on any atom is -0.446 e. The smallest absolute Gasteiger partial charge is 0.411 e. The van der Waals surface area contributed by atoms with Crippen LogP contribution in [0, 0.1) is 11.3 Å². The largest absolute Gasteiger partial charge is 0.446 e. The van der Waals surface area contributed by atoms with Crippen molar-refractivity contribution in [2.75, 3.05) is 5.32 Å². The maximum atomic E-state index is 12.0. The summed E-state index contributed by atoms with van der Waals surface area (Å²) in [7, 11) is 0. The molecule has 1 aliphatic carbocycles. The molecule has 1 fully saturated rings. The number of carbonyl (C=O) groups is 2. The van der Waals surface area contributed by atoms with E-state index in [1.54, 1.807) is 24.3 Å². The van der Waals surface area contributed by atoms with E-state index >= 15 is 0 Å². The van der Waals surface area contributed by atoms with Crippen molar-refractivity contribution >= 4 is 17.6 Å². The molecular weight excluding hydrogens is 290 g/mol. The molecule has 0 aromatic heterocycles. The number of hydrogen-bond acceptors (Lipinski definition) is 3. The molecule has 1 aromatic rings. The molecule has 1 aliphatic rings. The van der Waals surface area contributed by atoms with Crippen LogP contribution in [0.2, 0.25) is 0 Å². The van der Waals surface area contributed by atoms with Crippen molar-refractivity contribution in [2.24, 2.45) is 11.3 Å². The number of ketones is 1. The second-order valence-corrected chi connectivity index (χ2v) is 7.51. The Morgan fingerprint density at radius 2 is 1.78 bits per heavy atom. The number of nitrogens with one attached hydrogen (secondary N) is 1. The molecule has 0 spiro atoms. The van der Waals surface area contributed by atoms with E-state index in [9.17, 15) is 9.59 Å². The third-order valence-corrected chi connectivity index (χ3v) is 4.69. The molecule has 0 unspecified atom stereocenters. The molecule has 23 heavy (non-hydrogen) atoms. The summed E-state index contributed by atoms with van der Waals surface area (Å²) in [5.41, 5.74) is 1.49. The van der Waals surface area contributed by atoms with Crippen LogP contribution in [0.1, 0.15) is 63.7 Å². The summed E-state index contributed by atoms with van der Waals surface area (Å²) < 4.78 is 5.52. The van der Waals surface area contributed by atoms with Crippen molar-refractivity contribution in [3.8, 4) is 0 Å². The standard InChI is InChI=1S/C19H27NO3/c1-13(21)14-6-5-7-16(12-14)20-18(22)23-17-10-8-15(9-11-17)19(2,3)4/h5-7,12,15,17H,8-11H2,1-4H3,(H,20,22). The van der Waals surface area contributed by atoms with Crippen molar-refractivity contribution < 1.29 is 14.3 Å². The fourth-order valence-corrected chi connectivity index (χ4v) is 3.16. The molecule has 2 rings (SSSR count). The van der Waals surface area contributed by atoms with Gasteiger partial charge in [-0.2, -0.15) is 0 Å². The Bertz CT molecular complexity index is 566. The SMILES string of the molecule is CC(=O)c1cccc(NC(=O)OC2CCC(C(C)(C)C)CC2)c1. The van der Waals surface area contributed by atoms with Crippen LogP contribution in [-0.2, 0) is 4.74 Å². The molecular formula is C19H27NO3. The summed E-state index contributed by atoms with van der Waals surface area (Å²) in [6.07, 6.45) is 3.59. The van der Waals surface area contributed by atoms with Gasteiger partial charge in [0.05, 0.1) is 0 Å². The monoisotopic (exact) mass is 317 g/mol. The molecule has 1 saturated carbocycles. The van der Waals surface area contributed by atoms with Crippen LogP contribution in [0.15, 0.2) is 24.3 Å². The number of rotatable bonds is 3. The number of Topliss-reactive ketones (excluding diaryl/α,β-unsaturated/α-hetero) is 1. The van der Waals surface area contributed by atoms with Crippen LogP contribution >= 0.6 is 0 Å². The fraction of sp³-hybridized carbons (Fsp3) is 0.579. The lowest BCUT2D eigenvalue weighted by Gasteiger charge is -2.36. The Kier molecular flexibility index (Phi) is 5.45. The molecule has 4 heteroatoms. The molecule has 1 amide bonds. The number of anilines is 1. The van der Waals surface area contributed by atoms with E-state index in [0.717, 1.165) is 25.7 Å². The molecule has 0 bridgehead atoms. The molecule has 1 aromatic carbocycles. The Hall–Kier alpha value is -1.84. The fourth-order valence-electron chi connectivity index (χ4n) is 3.16. The summed E-state index contributed by atoms with van der Waals surface area (Å²) in [5, 5.41) is 2.71. The van der Waals surface area contributed by atoms with Gasteiger partial charge in [0, 0.05) is 11.3 Å². The molecule has 0 atom stereocenters. The third-order valence-electron chi connectivity index (χ3n) is 4.69. The summed E-state index contributed by atoms with van der Waals surface area (Å²) in [6.45, 7) is 8.32. The van der Waals surface area contributed by atoms with Gasteiger partial charge >= 0.3 is 6.09 Å². The highest BCUT2D eigenvalue weighted by atomic mass is 16.6. The topological polar surface area (TPSA) is 55.4 Å². The van der Waals surface area contributed by atoms with E-state index in [4.69, 9.17) is 4.74 Å². The summed E-state index contributed by atoms with van der Waals surface area (Å²) in [5.74, 6) is 0.667. The highest BCUT2D eigenvalue weighted by molar-refractivity contribution is 5.96. The summed E-state index contributed by atoms with van der Waals surface area (Å²) in [4.78, 5) is 23.4. The Morgan fingerprint density at radius 1 is 1.13 bits per heavy atom. The predicted octanol–water partition coefficient (Wildman–Crippen LogP) is 5.04. The van der Waals surface area contributed by atoms with Crippen molar-refractivity contribution in [1.82, 2.24) is 0 Å². The van der Waals surface area contributed by atoms with Gasteiger partial charge in [0.15, 0.2) is 5.78 Å². The van der Waals surface area contributed by atoms with E-state index in [1.165, 1.54) is 6.92 Å². The first-order valence-corrected chi connectivity index (χ1v) is 8.34. The van der Waals surface area contributed by atoms with Gasteiger partial charge < -0.3 is 4.74 Å². The lowest BCUT2D eigenvalue weighted by molar-refractivity contribution is 0.0528. The molecule has 0 heterocycles. The van der Waals surface area contributed by atoms with Crippen LogP contribution in [0.4, 0.5) is 10.5 Å². The number of ether oxygens (including phenoxy) is 1. The van der Waals surface area contributed by atoms with E-state index in [2.05, 4.69) is 26.1 Å². The van der Waals surface area contributed by atoms with Crippen LogP contribution in [0.3, 0.4) is 0 Å². The third kappa shape index (κ3) is 5.08. The normalized spacial score (nSPS) is 21.6. The van der Waals surface area contributed by atoms with Gasteiger partial charge in [0.25, 0.3) is 0 Å². The van der Waals surface area contributed by atoms with Gasteiger partial charge in [-0.05, 0) is 56.1 Å². The van der Waals surface area contributed by atoms with Crippen LogP contribution in [-0.4, -0.2) is 18.0 Å². The van der Waals surface area contributed by atoms with Crippen LogP contribution in [0.5, 0.6) is 0 Å². The molecule has 1 N–H and O–H groups in total. The quantitative estimate of drug-likeness (QED) is 0.794. The van der Waals surface area contributed by atoms with E-state index in [1.807, 2.05) is 0 Å². The first kappa shape index (κ1) is 17.5. The average molecular weight is 317 g/mol. The van der Waals surface area contributed by atoms with E-state index < -0.39 is 6.09 Å². The van der Waals surface area contributed by atoms with Gasteiger partial charge in [-0.25, -0.2) is 4.79 Å². The highest BCUT2D eigenvalue weighted by Crippen LogP contribution is 2.38. The maximum absolute atomic E-state index is 12.0. The zero-order chi connectivity index (χ0) is 17.0. The highest BCUT2D eigenvalue weighted by Gasteiger charge is 2.31. The Labute approximate surface area is 138 Å². The predicted molar refractivity (Wildman–Crippen MR) is 91.8 cm³/mol. The Morgan fingerprint density at radius 3 is 2.35 bits per heavy atom.